The first-order chi connectivity index (χ1) is 7.07. The van der Waals surface area contributed by atoms with Crippen molar-refractivity contribution in [3.05, 3.63) is 36.3 Å². The molecule has 0 aliphatic heterocycles. The highest BCUT2D eigenvalue weighted by Gasteiger charge is 2.32. The number of alkyl halides is 3. The Labute approximate surface area is 82.4 Å². The van der Waals surface area contributed by atoms with E-state index in [-0.39, 0.29) is 5.82 Å². The molecule has 0 amide bonds. The van der Waals surface area contributed by atoms with E-state index in [1.54, 1.807) is 6.07 Å². The Kier molecular flexibility index (Phi) is 2.14. The Bertz CT molecular complexity index is 448. The lowest BCUT2D eigenvalue weighted by Gasteiger charge is -2.00. The molecule has 0 saturated heterocycles. The molecule has 0 radical (unpaired) electrons. The summed E-state index contributed by atoms with van der Waals surface area (Å²) >= 11 is 0. The third-order valence-electron chi connectivity index (χ3n) is 1.70. The lowest BCUT2D eigenvalue weighted by molar-refractivity contribution is -0.137. The Hall–Kier alpha value is -1.92. The zero-order valence-corrected chi connectivity index (χ0v) is 7.31. The first-order valence-electron chi connectivity index (χ1n) is 3.97. The molecule has 7 heteroatoms. The van der Waals surface area contributed by atoms with Gasteiger partial charge in [0.2, 0.25) is 0 Å². The number of aromatic nitrogens is 4. The summed E-state index contributed by atoms with van der Waals surface area (Å²) in [6.07, 6.45) is -1.35. The number of halogens is 3. The minimum atomic E-state index is -4.39. The van der Waals surface area contributed by atoms with Gasteiger partial charge in [0, 0.05) is 12.4 Å². The van der Waals surface area contributed by atoms with Crippen LogP contribution < -0.4 is 0 Å². The summed E-state index contributed by atoms with van der Waals surface area (Å²) in [5.41, 5.74) is -0.812. The molecule has 0 fully saturated rings. The summed E-state index contributed by atoms with van der Waals surface area (Å²) in [5, 5.41) is 10.7. The predicted molar refractivity (Wildman–Crippen MR) is 44.2 cm³/mol. The molecule has 2 heterocycles. The summed E-state index contributed by atoms with van der Waals surface area (Å²) in [6, 6.07) is 3.08. The van der Waals surface area contributed by atoms with Gasteiger partial charge >= 0.3 is 6.18 Å². The van der Waals surface area contributed by atoms with Crippen LogP contribution >= 0.6 is 0 Å². The van der Waals surface area contributed by atoms with Crippen LogP contribution in [0.15, 0.2) is 30.7 Å². The van der Waals surface area contributed by atoms with E-state index in [0.717, 1.165) is 17.1 Å². The van der Waals surface area contributed by atoms with Crippen molar-refractivity contribution in [1.29, 1.82) is 0 Å². The molecule has 2 rings (SSSR count). The fourth-order valence-electron chi connectivity index (χ4n) is 1.01. The van der Waals surface area contributed by atoms with E-state index in [1.807, 2.05) is 0 Å². The van der Waals surface area contributed by atoms with Crippen molar-refractivity contribution in [2.75, 3.05) is 0 Å². The molecule has 4 nitrogen and oxygen atoms in total. The molecule has 0 aliphatic carbocycles. The fraction of sp³-hybridized carbons (Fsp3) is 0.125. The van der Waals surface area contributed by atoms with Gasteiger partial charge in [-0.1, -0.05) is 0 Å². The van der Waals surface area contributed by atoms with Gasteiger partial charge in [0.05, 0.1) is 11.8 Å². The van der Waals surface area contributed by atoms with Crippen molar-refractivity contribution in [1.82, 2.24) is 20.0 Å². The molecule has 15 heavy (non-hydrogen) atoms. The van der Waals surface area contributed by atoms with E-state index in [4.69, 9.17) is 0 Å². The molecule has 0 aromatic carbocycles. The van der Waals surface area contributed by atoms with Crippen LogP contribution in [0.4, 0.5) is 13.2 Å². The van der Waals surface area contributed by atoms with E-state index >= 15 is 0 Å². The van der Waals surface area contributed by atoms with Crippen LogP contribution in [0.3, 0.4) is 0 Å². The largest absolute Gasteiger partial charge is 0.419 e. The molecule has 0 saturated carbocycles. The fourth-order valence-corrected chi connectivity index (χ4v) is 1.01. The monoisotopic (exact) mass is 214 g/mol. The van der Waals surface area contributed by atoms with E-state index in [0.29, 0.717) is 0 Å². The first-order valence-corrected chi connectivity index (χ1v) is 3.97. The lowest BCUT2D eigenvalue weighted by atomic mass is 10.4. The average Bonchev–Trinajstić information content (AvgIpc) is 2.67. The summed E-state index contributed by atoms with van der Waals surface area (Å²) in [4.78, 5) is 0. The molecule has 2 aromatic rings. The minimum Gasteiger partial charge on any atom is -0.220 e. The highest BCUT2D eigenvalue weighted by molar-refractivity contribution is 5.21. The standard InChI is InChI=1S/C8H5F3N4/c9-8(10,11)6-4-13-15(5-6)7-2-1-3-12-14-7/h1-5H. The van der Waals surface area contributed by atoms with Crippen LogP contribution in [0.5, 0.6) is 0 Å². The van der Waals surface area contributed by atoms with Crippen LogP contribution in [0.1, 0.15) is 5.56 Å². The lowest BCUT2D eigenvalue weighted by Crippen LogP contribution is -2.03. The van der Waals surface area contributed by atoms with Gasteiger partial charge in [-0.2, -0.15) is 23.4 Å². The molecule has 0 N–H and O–H groups in total. The van der Waals surface area contributed by atoms with Crippen molar-refractivity contribution >= 4 is 0 Å². The maximum atomic E-state index is 12.2. The van der Waals surface area contributed by atoms with Crippen molar-refractivity contribution in [3.8, 4) is 5.82 Å². The predicted octanol–water partition coefficient (Wildman–Crippen LogP) is 1.68. The topological polar surface area (TPSA) is 43.6 Å². The van der Waals surface area contributed by atoms with Gasteiger partial charge in [-0.25, -0.2) is 4.68 Å². The molecular formula is C8H5F3N4. The third kappa shape index (κ3) is 1.95. The van der Waals surface area contributed by atoms with Gasteiger partial charge in [0.1, 0.15) is 0 Å². The number of hydrogen-bond donors (Lipinski definition) is 0. The minimum absolute atomic E-state index is 0.244. The summed E-state index contributed by atoms with van der Waals surface area (Å²) in [7, 11) is 0. The van der Waals surface area contributed by atoms with Crippen molar-refractivity contribution in [3.63, 3.8) is 0 Å². The van der Waals surface area contributed by atoms with E-state index < -0.39 is 11.7 Å². The molecule has 0 unspecified atom stereocenters. The van der Waals surface area contributed by atoms with Gasteiger partial charge in [0.25, 0.3) is 0 Å². The maximum absolute atomic E-state index is 12.2. The van der Waals surface area contributed by atoms with Gasteiger partial charge < -0.3 is 0 Å². The molecule has 0 spiro atoms. The SMILES string of the molecule is FC(F)(F)c1cnn(-c2cccnn2)c1. The normalized spacial score (nSPS) is 11.7. The highest BCUT2D eigenvalue weighted by Crippen LogP contribution is 2.28. The van der Waals surface area contributed by atoms with Gasteiger partial charge in [-0.15, -0.1) is 5.10 Å². The molecule has 78 valence electrons. The Morgan fingerprint density at radius 3 is 2.60 bits per heavy atom. The van der Waals surface area contributed by atoms with Crippen molar-refractivity contribution in [2.45, 2.75) is 6.18 Å². The maximum Gasteiger partial charge on any atom is 0.419 e. The van der Waals surface area contributed by atoms with Crippen LogP contribution in [0.2, 0.25) is 0 Å². The van der Waals surface area contributed by atoms with Crippen LogP contribution in [-0.4, -0.2) is 20.0 Å². The molecule has 0 bridgehead atoms. The first kappa shape index (κ1) is 9.63. The Balaban J connectivity index is 2.37. The Morgan fingerprint density at radius 2 is 2.07 bits per heavy atom. The molecule has 0 atom stereocenters. The highest BCUT2D eigenvalue weighted by atomic mass is 19.4. The second-order valence-electron chi connectivity index (χ2n) is 2.75. The number of nitrogens with zero attached hydrogens (tertiary/aromatic N) is 4. The average molecular weight is 214 g/mol. The van der Waals surface area contributed by atoms with E-state index in [2.05, 4.69) is 15.3 Å². The molecule has 0 aliphatic rings. The van der Waals surface area contributed by atoms with Gasteiger partial charge in [-0.3, -0.25) is 0 Å². The van der Waals surface area contributed by atoms with Gasteiger partial charge in [0.15, 0.2) is 5.82 Å². The third-order valence-corrected chi connectivity index (χ3v) is 1.70. The second kappa shape index (κ2) is 3.34. The van der Waals surface area contributed by atoms with Gasteiger partial charge in [-0.05, 0) is 12.1 Å². The summed E-state index contributed by atoms with van der Waals surface area (Å²) < 4.78 is 37.7. The smallest absolute Gasteiger partial charge is 0.220 e. The van der Waals surface area contributed by atoms with Crippen molar-refractivity contribution < 1.29 is 13.2 Å². The van der Waals surface area contributed by atoms with Crippen LogP contribution in [-0.2, 0) is 6.18 Å². The van der Waals surface area contributed by atoms with E-state index in [9.17, 15) is 13.2 Å². The molecular weight excluding hydrogens is 209 g/mol. The number of rotatable bonds is 1. The van der Waals surface area contributed by atoms with E-state index in [1.165, 1.54) is 12.3 Å². The number of hydrogen-bond acceptors (Lipinski definition) is 3. The van der Waals surface area contributed by atoms with Crippen molar-refractivity contribution in [2.24, 2.45) is 0 Å². The molecule has 2 aromatic heterocycles. The van der Waals surface area contributed by atoms with Crippen LogP contribution in [0, 0.1) is 0 Å². The quantitative estimate of drug-likeness (QED) is 0.725. The van der Waals surface area contributed by atoms with Crippen LogP contribution in [0.25, 0.3) is 5.82 Å². The second-order valence-corrected chi connectivity index (χ2v) is 2.75. The zero-order valence-electron chi connectivity index (χ0n) is 7.31. The summed E-state index contributed by atoms with van der Waals surface area (Å²) in [6.45, 7) is 0. The zero-order chi connectivity index (χ0) is 10.9. The Morgan fingerprint density at radius 1 is 1.27 bits per heavy atom. The summed E-state index contributed by atoms with van der Waals surface area (Å²) in [5.74, 6) is 0.244.